The average molecular weight is 312 g/mol. The van der Waals surface area contributed by atoms with E-state index < -0.39 is 0 Å². The molecule has 0 spiro atoms. The topological polar surface area (TPSA) is 72.4 Å². The van der Waals surface area contributed by atoms with Crippen LogP contribution in [-0.4, -0.2) is 29.5 Å². The number of hydrogen-bond acceptors (Lipinski definition) is 4. The minimum atomic E-state index is -0.346. The maximum absolute atomic E-state index is 11.1. The van der Waals surface area contributed by atoms with Crippen LogP contribution in [0.4, 0.5) is 5.69 Å². The third-order valence-corrected chi connectivity index (χ3v) is 4.63. The molecule has 1 aromatic rings. The maximum Gasteiger partial charge on any atom is 0.273 e. The summed E-state index contributed by atoms with van der Waals surface area (Å²) in [5.74, 6) is 0.474. The Morgan fingerprint density at radius 1 is 1.43 bits per heavy atom. The number of halogens is 1. The predicted molar refractivity (Wildman–Crippen MR) is 84.4 cm³/mol. The highest BCUT2D eigenvalue weighted by molar-refractivity contribution is 6.30. The van der Waals surface area contributed by atoms with Gasteiger partial charge in [-0.1, -0.05) is 24.4 Å². The summed E-state index contributed by atoms with van der Waals surface area (Å²) in [7, 11) is 2.02. The van der Waals surface area contributed by atoms with Crippen LogP contribution in [0.15, 0.2) is 18.2 Å². The minimum Gasteiger partial charge on any atom is -0.330 e. The molecule has 6 heteroatoms. The summed E-state index contributed by atoms with van der Waals surface area (Å²) in [5, 5.41) is 11.7. The van der Waals surface area contributed by atoms with Crippen LogP contribution in [0.5, 0.6) is 0 Å². The fourth-order valence-electron chi connectivity index (χ4n) is 3.29. The Morgan fingerprint density at radius 3 is 2.81 bits per heavy atom. The van der Waals surface area contributed by atoms with Gasteiger partial charge in [0.05, 0.1) is 4.92 Å². The van der Waals surface area contributed by atoms with Gasteiger partial charge < -0.3 is 5.73 Å². The first kappa shape index (κ1) is 16.2. The average Bonchev–Trinajstić information content (AvgIpc) is 2.46. The van der Waals surface area contributed by atoms with Crippen molar-refractivity contribution in [1.29, 1.82) is 0 Å². The normalized spacial score (nSPS) is 22.5. The van der Waals surface area contributed by atoms with Crippen LogP contribution >= 0.6 is 11.6 Å². The molecule has 0 amide bonds. The monoisotopic (exact) mass is 311 g/mol. The van der Waals surface area contributed by atoms with Gasteiger partial charge in [-0.15, -0.1) is 0 Å². The van der Waals surface area contributed by atoms with Crippen molar-refractivity contribution in [3.63, 3.8) is 0 Å². The molecule has 116 valence electrons. The first-order valence-electron chi connectivity index (χ1n) is 7.36. The van der Waals surface area contributed by atoms with E-state index >= 15 is 0 Å². The van der Waals surface area contributed by atoms with Crippen LogP contribution in [0.3, 0.4) is 0 Å². The van der Waals surface area contributed by atoms with Crippen LogP contribution in [0.2, 0.25) is 5.02 Å². The molecule has 1 aromatic carbocycles. The van der Waals surface area contributed by atoms with Gasteiger partial charge in [-0.05, 0) is 44.5 Å². The Kier molecular flexibility index (Phi) is 5.56. The standard InChI is InChI=1S/C15H22ClN3O2/c1-18(14-5-3-2-4-11(14)9-17)10-12-8-13(16)6-7-15(12)19(20)21/h6-8,11,14H,2-5,9-10,17H2,1H3. The van der Waals surface area contributed by atoms with Crippen LogP contribution in [0, 0.1) is 16.0 Å². The quantitative estimate of drug-likeness (QED) is 0.669. The van der Waals surface area contributed by atoms with Crippen molar-refractivity contribution in [2.75, 3.05) is 13.6 Å². The van der Waals surface area contributed by atoms with Crippen molar-refractivity contribution in [2.45, 2.75) is 38.3 Å². The van der Waals surface area contributed by atoms with Gasteiger partial charge in [0, 0.05) is 29.2 Å². The Balaban J connectivity index is 2.16. The molecule has 2 N–H and O–H groups in total. The van der Waals surface area contributed by atoms with E-state index in [-0.39, 0.29) is 10.6 Å². The summed E-state index contributed by atoms with van der Waals surface area (Å²) in [5.41, 5.74) is 6.67. The molecule has 1 aliphatic carbocycles. The van der Waals surface area contributed by atoms with Gasteiger partial charge in [-0.2, -0.15) is 0 Å². The second-order valence-electron chi connectivity index (χ2n) is 5.79. The maximum atomic E-state index is 11.1. The smallest absolute Gasteiger partial charge is 0.273 e. The van der Waals surface area contributed by atoms with Crippen LogP contribution < -0.4 is 5.73 Å². The first-order chi connectivity index (χ1) is 10.0. The number of nitro groups is 1. The zero-order chi connectivity index (χ0) is 15.4. The van der Waals surface area contributed by atoms with E-state index in [1.165, 1.54) is 18.9 Å². The second kappa shape index (κ2) is 7.20. The van der Waals surface area contributed by atoms with Crippen molar-refractivity contribution < 1.29 is 4.92 Å². The molecule has 0 aromatic heterocycles. The third-order valence-electron chi connectivity index (χ3n) is 4.40. The minimum absolute atomic E-state index is 0.131. The fraction of sp³-hybridized carbons (Fsp3) is 0.600. The molecule has 1 fully saturated rings. The molecule has 1 saturated carbocycles. The molecule has 2 unspecified atom stereocenters. The summed E-state index contributed by atoms with van der Waals surface area (Å²) < 4.78 is 0. The summed E-state index contributed by atoms with van der Waals surface area (Å²) in [6.45, 7) is 1.20. The highest BCUT2D eigenvalue weighted by Gasteiger charge is 2.28. The Morgan fingerprint density at radius 2 is 2.14 bits per heavy atom. The molecule has 0 aliphatic heterocycles. The summed E-state index contributed by atoms with van der Waals surface area (Å²) in [6, 6.07) is 5.12. The van der Waals surface area contributed by atoms with E-state index in [0.717, 1.165) is 12.8 Å². The van der Waals surface area contributed by atoms with Crippen molar-refractivity contribution in [1.82, 2.24) is 4.90 Å². The van der Waals surface area contributed by atoms with Crippen LogP contribution in [0.25, 0.3) is 0 Å². The number of hydrogen-bond donors (Lipinski definition) is 1. The largest absolute Gasteiger partial charge is 0.330 e. The Hall–Kier alpha value is -1.17. The molecule has 2 atom stereocenters. The van der Waals surface area contributed by atoms with Gasteiger partial charge in [0.25, 0.3) is 5.69 Å². The van der Waals surface area contributed by atoms with E-state index in [1.807, 2.05) is 7.05 Å². The van der Waals surface area contributed by atoms with Gasteiger partial charge in [-0.3, -0.25) is 15.0 Å². The lowest BCUT2D eigenvalue weighted by Gasteiger charge is -2.37. The van der Waals surface area contributed by atoms with Crippen molar-refractivity contribution >= 4 is 17.3 Å². The van der Waals surface area contributed by atoms with Crippen molar-refractivity contribution in [3.8, 4) is 0 Å². The van der Waals surface area contributed by atoms with Gasteiger partial charge in [-0.25, -0.2) is 0 Å². The molecule has 0 bridgehead atoms. The fourth-order valence-corrected chi connectivity index (χ4v) is 3.48. The SMILES string of the molecule is CN(Cc1cc(Cl)ccc1[N+](=O)[O-])C1CCCCC1CN. The molecule has 1 aliphatic rings. The zero-order valence-electron chi connectivity index (χ0n) is 12.3. The molecular weight excluding hydrogens is 290 g/mol. The molecular formula is C15H22ClN3O2. The van der Waals surface area contributed by atoms with Gasteiger partial charge in [0.2, 0.25) is 0 Å². The van der Waals surface area contributed by atoms with E-state index in [4.69, 9.17) is 17.3 Å². The highest BCUT2D eigenvalue weighted by atomic mass is 35.5. The van der Waals surface area contributed by atoms with Gasteiger partial charge in [0.1, 0.15) is 0 Å². The molecule has 21 heavy (non-hydrogen) atoms. The lowest BCUT2D eigenvalue weighted by atomic mass is 9.83. The molecule has 5 nitrogen and oxygen atoms in total. The number of rotatable bonds is 5. The molecule has 0 saturated heterocycles. The second-order valence-corrected chi connectivity index (χ2v) is 6.23. The van der Waals surface area contributed by atoms with Crippen molar-refractivity contribution in [3.05, 3.63) is 38.9 Å². The number of nitrogens with zero attached hydrogens (tertiary/aromatic N) is 2. The summed E-state index contributed by atoms with van der Waals surface area (Å²) in [6.07, 6.45) is 4.67. The molecule has 2 rings (SSSR count). The summed E-state index contributed by atoms with van der Waals surface area (Å²) in [4.78, 5) is 13.0. The highest BCUT2D eigenvalue weighted by Crippen LogP contribution is 2.30. The lowest BCUT2D eigenvalue weighted by Crippen LogP contribution is -2.42. The number of benzene rings is 1. The molecule has 0 radical (unpaired) electrons. The Labute approximate surface area is 130 Å². The van der Waals surface area contributed by atoms with Crippen LogP contribution in [0.1, 0.15) is 31.2 Å². The third kappa shape index (κ3) is 3.93. The molecule has 0 heterocycles. The number of nitrogens with two attached hydrogens (primary N) is 1. The van der Waals surface area contributed by atoms with Crippen LogP contribution in [-0.2, 0) is 6.54 Å². The van der Waals surface area contributed by atoms with Gasteiger partial charge in [0.15, 0.2) is 0 Å². The Bertz CT molecular complexity index is 510. The first-order valence-corrected chi connectivity index (χ1v) is 7.74. The van der Waals surface area contributed by atoms with E-state index in [9.17, 15) is 10.1 Å². The van der Waals surface area contributed by atoms with E-state index in [0.29, 0.717) is 35.6 Å². The van der Waals surface area contributed by atoms with Gasteiger partial charge >= 0.3 is 0 Å². The summed E-state index contributed by atoms with van der Waals surface area (Å²) >= 11 is 5.99. The number of nitro benzene ring substituents is 1. The predicted octanol–water partition coefficient (Wildman–Crippen LogP) is 3.20. The lowest BCUT2D eigenvalue weighted by molar-refractivity contribution is -0.385. The van der Waals surface area contributed by atoms with E-state index in [2.05, 4.69) is 4.90 Å². The van der Waals surface area contributed by atoms with Crippen molar-refractivity contribution in [2.24, 2.45) is 11.7 Å². The van der Waals surface area contributed by atoms with E-state index in [1.54, 1.807) is 12.1 Å². The zero-order valence-corrected chi connectivity index (χ0v) is 13.1.